The van der Waals surface area contributed by atoms with Gasteiger partial charge in [0.15, 0.2) is 0 Å². The van der Waals surface area contributed by atoms with Crippen LogP contribution in [0, 0.1) is 0 Å². The molecule has 0 bridgehead atoms. The van der Waals surface area contributed by atoms with Crippen LogP contribution in [0.2, 0.25) is 0 Å². The molecular formula is C14H22N2O3. The highest BCUT2D eigenvalue weighted by Gasteiger charge is 2.09. The number of nitrogens with two attached hydrogens (primary N) is 1. The van der Waals surface area contributed by atoms with Gasteiger partial charge in [-0.1, -0.05) is 0 Å². The topological polar surface area (TPSA) is 73.6 Å². The molecule has 1 aromatic carbocycles. The Hall–Kier alpha value is -1.75. The van der Waals surface area contributed by atoms with Gasteiger partial charge < -0.3 is 20.5 Å². The lowest BCUT2D eigenvalue weighted by molar-refractivity contribution is -0.121. The van der Waals surface area contributed by atoms with Gasteiger partial charge in [-0.15, -0.1) is 0 Å². The number of nitrogens with one attached hydrogen (secondary N) is 1. The number of rotatable bonds is 7. The molecular weight excluding hydrogens is 244 g/mol. The van der Waals surface area contributed by atoms with Crippen molar-refractivity contribution in [3.05, 3.63) is 23.8 Å². The van der Waals surface area contributed by atoms with Crippen LogP contribution in [-0.4, -0.2) is 32.7 Å². The normalized spacial score (nSPS) is 11.8. The molecule has 1 amide bonds. The van der Waals surface area contributed by atoms with Crippen LogP contribution in [0.25, 0.3) is 0 Å². The van der Waals surface area contributed by atoms with Crippen LogP contribution in [0.4, 0.5) is 0 Å². The van der Waals surface area contributed by atoms with E-state index < -0.39 is 0 Å². The molecule has 0 aliphatic carbocycles. The highest BCUT2D eigenvalue weighted by Crippen LogP contribution is 2.25. The lowest BCUT2D eigenvalue weighted by Gasteiger charge is -2.14. The van der Waals surface area contributed by atoms with Crippen LogP contribution >= 0.6 is 0 Å². The molecule has 106 valence electrons. The monoisotopic (exact) mass is 266 g/mol. The molecule has 5 nitrogen and oxygen atoms in total. The van der Waals surface area contributed by atoms with Gasteiger partial charge in [-0.2, -0.15) is 0 Å². The standard InChI is InChI=1S/C14H22N2O3/c1-10(15)8-11-9-12(18-3)4-5-13(11)19-7-6-14(17)16-2/h4-5,9-10H,6-8,15H2,1-3H3,(H,16,17). The van der Waals surface area contributed by atoms with Crippen LogP contribution in [-0.2, 0) is 11.2 Å². The van der Waals surface area contributed by atoms with Gasteiger partial charge in [-0.05, 0) is 37.1 Å². The van der Waals surface area contributed by atoms with Crippen molar-refractivity contribution in [2.45, 2.75) is 25.8 Å². The zero-order chi connectivity index (χ0) is 14.3. The van der Waals surface area contributed by atoms with Gasteiger partial charge in [-0.25, -0.2) is 0 Å². The quantitative estimate of drug-likeness (QED) is 0.775. The molecule has 0 saturated heterocycles. The van der Waals surface area contributed by atoms with Gasteiger partial charge in [0, 0.05) is 13.1 Å². The largest absolute Gasteiger partial charge is 0.497 e. The maximum atomic E-state index is 11.1. The molecule has 0 aliphatic rings. The first kappa shape index (κ1) is 15.3. The molecule has 0 radical (unpaired) electrons. The number of ether oxygens (including phenoxy) is 2. The summed E-state index contributed by atoms with van der Waals surface area (Å²) in [5, 5.41) is 2.56. The summed E-state index contributed by atoms with van der Waals surface area (Å²) in [7, 11) is 3.23. The van der Waals surface area contributed by atoms with E-state index in [9.17, 15) is 4.79 Å². The van der Waals surface area contributed by atoms with Crippen LogP contribution < -0.4 is 20.5 Å². The molecule has 0 saturated carbocycles. The minimum Gasteiger partial charge on any atom is -0.497 e. The maximum absolute atomic E-state index is 11.1. The minimum absolute atomic E-state index is 0.0356. The van der Waals surface area contributed by atoms with Gasteiger partial charge in [0.05, 0.1) is 20.1 Å². The highest BCUT2D eigenvalue weighted by molar-refractivity contribution is 5.75. The lowest BCUT2D eigenvalue weighted by atomic mass is 10.1. The number of hydrogen-bond donors (Lipinski definition) is 2. The van der Waals surface area contributed by atoms with Gasteiger partial charge >= 0.3 is 0 Å². The Bertz CT molecular complexity index is 419. The van der Waals surface area contributed by atoms with E-state index in [2.05, 4.69) is 5.32 Å². The Morgan fingerprint density at radius 1 is 1.47 bits per heavy atom. The van der Waals surface area contributed by atoms with Gasteiger partial charge in [0.25, 0.3) is 0 Å². The van der Waals surface area contributed by atoms with Gasteiger partial charge in [0.2, 0.25) is 5.91 Å². The Labute approximate surface area is 114 Å². The van der Waals surface area contributed by atoms with Gasteiger partial charge in [0.1, 0.15) is 11.5 Å². The van der Waals surface area contributed by atoms with Crippen molar-refractivity contribution >= 4 is 5.91 Å². The fourth-order valence-electron chi connectivity index (χ4n) is 1.71. The molecule has 5 heteroatoms. The molecule has 0 fully saturated rings. The highest BCUT2D eigenvalue weighted by atomic mass is 16.5. The van der Waals surface area contributed by atoms with Gasteiger partial charge in [-0.3, -0.25) is 4.79 Å². The van der Waals surface area contributed by atoms with E-state index in [1.807, 2.05) is 25.1 Å². The van der Waals surface area contributed by atoms with E-state index in [1.165, 1.54) is 0 Å². The molecule has 3 N–H and O–H groups in total. The maximum Gasteiger partial charge on any atom is 0.223 e. The van der Waals surface area contributed by atoms with Crippen molar-refractivity contribution in [1.29, 1.82) is 0 Å². The summed E-state index contributed by atoms with van der Waals surface area (Å²) in [4.78, 5) is 11.1. The van der Waals surface area contributed by atoms with Crippen molar-refractivity contribution in [2.75, 3.05) is 20.8 Å². The summed E-state index contributed by atoms with van der Waals surface area (Å²) in [6.07, 6.45) is 1.03. The number of hydrogen-bond acceptors (Lipinski definition) is 4. The average Bonchev–Trinajstić information content (AvgIpc) is 2.39. The van der Waals surface area contributed by atoms with E-state index in [1.54, 1.807) is 14.2 Å². The first-order valence-corrected chi connectivity index (χ1v) is 6.32. The Morgan fingerprint density at radius 2 is 2.21 bits per heavy atom. The van der Waals surface area contributed by atoms with Crippen LogP contribution in [0.5, 0.6) is 11.5 Å². The average molecular weight is 266 g/mol. The summed E-state index contributed by atoms with van der Waals surface area (Å²) in [5.74, 6) is 1.48. The molecule has 1 rings (SSSR count). The molecule has 0 heterocycles. The Kier molecular flexibility index (Phi) is 6.15. The fraction of sp³-hybridized carbons (Fsp3) is 0.500. The van der Waals surface area contributed by atoms with Crippen molar-refractivity contribution in [1.82, 2.24) is 5.32 Å². The first-order valence-electron chi connectivity index (χ1n) is 6.32. The Balaban J connectivity index is 2.72. The Morgan fingerprint density at radius 3 is 2.79 bits per heavy atom. The van der Waals surface area contributed by atoms with E-state index in [0.717, 1.165) is 17.1 Å². The molecule has 19 heavy (non-hydrogen) atoms. The van der Waals surface area contributed by atoms with Crippen molar-refractivity contribution in [3.63, 3.8) is 0 Å². The lowest BCUT2D eigenvalue weighted by Crippen LogP contribution is -2.21. The number of amides is 1. The summed E-state index contributed by atoms with van der Waals surface area (Å²) >= 11 is 0. The van der Waals surface area contributed by atoms with Crippen molar-refractivity contribution < 1.29 is 14.3 Å². The number of carbonyl (C=O) groups excluding carboxylic acids is 1. The third-order valence-corrected chi connectivity index (χ3v) is 2.68. The summed E-state index contributed by atoms with van der Waals surface area (Å²) in [5.41, 5.74) is 6.81. The second kappa shape index (κ2) is 7.63. The molecule has 0 spiro atoms. The zero-order valence-corrected chi connectivity index (χ0v) is 11.7. The number of methoxy groups -OCH3 is 1. The predicted molar refractivity (Wildman–Crippen MR) is 74.5 cm³/mol. The van der Waals surface area contributed by atoms with Crippen LogP contribution in [0.15, 0.2) is 18.2 Å². The molecule has 1 aromatic rings. The third kappa shape index (κ3) is 5.18. The smallest absolute Gasteiger partial charge is 0.223 e. The van der Waals surface area contributed by atoms with E-state index >= 15 is 0 Å². The number of carbonyl (C=O) groups is 1. The molecule has 0 aromatic heterocycles. The number of benzene rings is 1. The summed E-state index contributed by atoms with van der Waals surface area (Å²) in [6, 6.07) is 5.63. The molecule has 0 aliphatic heterocycles. The second-order valence-electron chi connectivity index (χ2n) is 4.43. The molecule has 1 atom stereocenters. The summed E-state index contributed by atoms with van der Waals surface area (Å²) in [6.45, 7) is 2.28. The fourth-order valence-corrected chi connectivity index (χ4v) is 1.71. The van der Waals surface area contributed by atoms with Crippen molar-refractivity contribution in [2.24, 2.45) is 5.73 Å². The minimum atomic E-state index is -0.0396. The molecule has 1 unspecified atom stereocenters. The van der Waals surface area contributed by atoms with E-state index in [-0.39, 0.29) is 11.9 Å². The SMILES string of the molecule is CNC(=O)CCOc1ccc(OC)cc1CC(C)N. The van der Waals surface area contributed by atoms with Crippen molar-refractivity contribution in [3.8, 4) is 11.5 Å². The second-order valence-corrected chi connectivity index (χ2v) is 4.43. The van der Waals surface area contributed by atoms with Crippen LogP contribution in [0.1, 0.15) is 18.9 Å². The van der Waals surface area contributed by atoms with E-state index in [4.69, 9.17) is 15.2 Å². The summed E-state index contributed by atoms with van der Waals surface area (Å²) < 4.78 is 10.8. The zero-order valence-electron chi connectivity index (χ0n) is 11.7. The predicted octanol–water partition coefficient (Wildman–Crippen LogP) is 1.10. The van der Waals surface area contributed by atoms with Crippen LogP contribution in [0.3, 0.4) is 0 Å². The first-order chi connectivity index (χ1) is 9.06. The third-order valence-electron chi connectivity index (χ3n) is 2.68. The van der Waals surface area contributed by atoms with E-state index in [0.29, 0.717) is 19.4 Å².